The van der Waals surface area contributed by atoms with Gasteiger partial charge in [-0.25, -0.2) is 9.37 Å². The Kier molecular flexibility index (Phi) is 2.48. The van der Waals surface area contributed by atoms with Gasteiger partial charge in [0.1, 0.15) is 5.82 Å². The number of rotatable bonds is 1. The van der Waals surface area contributed by atoms with Crippen LogP contribution in [0.2, 0.25) is 0 Å². The van der Waals surface area contributed by atoms with Crippen molar-refractivity contribution in [2.24, 2.45) is 0 Å². The molecule has 0 bridgehead atoms. The second-order valence-corrected chi connectivity index (χ2v) is 3.59. The molecule has 0 amide bonds. The van der Waals surface area contributed by atoms with Crippen molar-refractivity contribution in [3.05, 3.63) is 41.8 Å². The molecule has 0 fully saturated rings. The molecule has 1 aromatic carbocycles. The lowest BCUT2D eigenvalue weighted by Crippen LogP contribution is -1.93. The molecule has 0 spiro atoms. The summed E-state index contributed by atoms with van der Waals surface area (Å²) in [5, 5.41) is 9.09. The summed E-state index contributed by atoms with van der Waals surface area (Å²) in [7, 11) is 0. The van der Waals surface area contributed by atoms with Crippen LogP contribution in [0.1, 0.15) is 5.56 Å². The summed E-state index contributed by atoms with van der Waals surface area (Å²) in [5.74, 6) is -0.570. The number of hydrogen-bond acceptors (Lipinski definition) is 3. The second kappa shape index (κ2) is 3.81. The Morgan fingerprint density at radius 1 is 1.31 bits per heavy atom. The average molecular weight is 218 g/mol. The Morgan fingerprint density at radius 2 is 2.06 bits per heavy atom. The topological polar surface area (TPSA) is 59.1 Å². The molecule has 0 aliphatic carbocycles. The molecule has 0 radical (unpaired) electrons. The van der Waals surface area contributed by atoms with Gasteiger partial charge in [-0.15, -0.1) is 0 Å². The molecular weight excluding hydrogens is 207 g/mol. The molecule has 0 saturated heterocycles. The first kappa shape index (κ1) is 10.4. The standard InChI is InChI=1S/C12H11FN2O/c1-7-4-12(14)15-6-9(7)8-2-3-11(16)10(13)5-8/h2-6,16H,1H3,(H2,14,15). The second-order valence-electron chi connectivity index (χ2n) is 3.59. The Balaban J connectivity index is 2.54. The van der Waals surface area contributed by atoms with Gasteiger partial charge < -0.3 is 10.8 Å². The van der Waals surface area contributed by atoms with E-state index in [2.05, 4.69) is 4.98 Å². The Bertz CT molecular complexity index is 541. The number of pyridine rings is 1. The first-order valence-corrected chi connectivity index (χ1v) is 4.79. The zero-order valence-corrected chi connectivity index (χ0v) is 8.74. The summed E-state index contributed by atoms with van der Waals surface area (Å²) in [6.45, 7) is 1.87. The van der Waals surface area contributed by atoms with Crippen molar-refractivity contribution in [3.63, 3.8) is 0 Å². The van der Waals surface area contributed by atoms with E-state index in [1.807, 2.05) is 6.92 Å². The van der Waals surface area contributed by atoms with Gasteiger partial charge in [0.25, 0.3) is 0 Å². The third kappa shape index (κ3) is 1.82. The van der Waals surface area contributed by atoms with E-state index in [0.29, 0.717) is 11.4 Å². The fourth-order valence-corrected chi connectivity index (χ4v) is 1.55. The number of aromatic nitrogens is 1. The first-order chi connectivity index (χ1) is 7.58. The molecular formula is C12H11FN2O. The van der Waals surface area contributed by atoms with E-state index in [0.717, 1.165) is 11.1 Å². The van der Waals surface area contributed by atoms with Gasteiger partial charge >= 0.3 is 0 Å². The molecule has 0 aliphatic rings. The number of benzene rings is 1. The van der Waals surface area contributed by atoms with Crippen molar-refractivity contribution in [1.82, 2.24) is 4.98 Å². The lowest BCUT2D eigenvalue weighted by atomic mass is 10.0. The van der Waals surface area contributed by atoms with E-state index in [4.69, 9.17) is 10.8 Å². The van der Waals surface area contributed by atoms with Crippen LogP contribution >= 0.6 is 0 Å². The van der Waals surface area contributed by atoms with Crippen LogP contribution in [0.25, 0.3) is 11.1 Å². The zero-order valence-electron chi connectivity index (χ0n) is 8.74. The SMILES string of the molecule is Cc1cc(N)ncc1-c1ccc(O)c(F)c1. The molecule has 0 saturated carbocycles. The molecule has 2 aromatic rings. The molecule has 2 rings (SSSR count). The Hall–Kier alpha value is -2.10. The van der Waals surface area contributed by atoms with E-state index >= 15 is 0 Å². The van der Waals surface area contributed by atoms with Crippen LogP contribution in [0.15, 0.2) is 30.5 Å². The maximum Gasteiger partial charge on any atom is 0.165 e. The van der Waals surface area contributed by atoms with Gasteiger partial charge in [0.15, 0.2) is 11.6 Å². The van der Waals surface area contributed by atoms with Crippen LogP contribution in [0, 0.1) is 12.7 Å². The predicted octanol–water partition coefficient (Wildman–Crippen LogP) is 2.48. The number of anilines is 1. The third-order valence-corrected chi connectivity index (χ3v) is 2.39. The number of nitrogens with zero attached hydrogens (tertiary/aromatic N) is 1. The molecule has 0 unspecified atom stereocenters. The van der Waals surface area contributed by atoms with E-state index in [1.165, 1.54) is 12.1 Å². The highest BCUT2D eigenvalue weighted by Gasteiger charge is 2.06. The van der Waals surface area contributed by atoms with E-state index in [1.54, 1.807) is 18.3 Å². The van der Waals surface area contributed by atoms with E-state index in [-0.39, 0.29) is 5.75 Å². The fraction of sp³-hybridized carbons (Fsp3) is 0.0833. The number of halogens is 1. The predicted molar refractivity (Wildman–Crippen MR) is 60.4 cm³/mol. The van der Waals surface area contributed by atoms with Crippen molar-refractivity contribution < 1.29 is 9.50 Å². The monoisotopic (exact) mass is 218 g/mol. The first-order valence-electron chi connectivity index (χ1n) is 4.79. The van der Waals surface area contributed by atoms with Crippen molar-refractivity contribution in [2.75, 3.05) is 5.73 Å². The van der Waals surface area contributed by atoms with Crippen LogP contribution < -0.4 is 5.73 Å². The van der Waals surface area contributed by atoms with Gasteiger partial charge in [0.05, 0.1) is 0 Å². The molecule has 4 heteroatoms. The lowest BCUT2D eigenvalue weighted by molar-refractivity contribution is 0.432. The summed E-state index contributed by atoms with van der Waals surface area (Å²) in [6.07, 6.45) is 1.59. The van der Waals surface area contributed by atoms with Gasteiger partial charge in [-0.2, -0.15) is 0 Å². The number of hydrogen-bond donors (Lipinski definition) is 2. The number of aryl methyl sites for hydroxylation is 1. The highest BCUT2D eigenvalue weighted by molar-refractivity contribution is 5.68. The summed E-state index contributed by atoms with van der Waals surface area (Å²) in [6, 6.07) is 5.95. The van der Waals surface area contributed by atoms with Crippen LogP contribution in [-0.2, 0) is 0 Å². The number of aromatic hydroxyl groups is 1. The maximum absolute atomic E-state index is 13.2. The smallest absolute Gasteiger partial charge is 0.165 e. The van der Waals surface area contributed by atoms with Gasteiger partial charge in [-0.3, -0.25) is 0 Å². The minimum Gasteiger partial charge on any atom is -0.505 e. The van der Waals surface area contributed by atoms with Gasteiger partial charge in [0.2, 0.25) is 0 Å². The number of phenolic OH excluding ortho intramolecular Hbond substituents is 1. The van der Waals surface area contributed by atoms with Gasteiger partial charge in [-0.1, -0.05) is 6.07 Å². The molecule has 0 atom stereocenters. The molecule has 0 aliphatic heterocycles. The zero-order chi connectivity index (χ0) is 11.7. The highest BCUT2D eigenvalue weighted by atomic mass is 19.1. The quantitative estimate of drug-likeness (QED) is 0.773. The molecule has 1 aromatic heterocycles. The summed E-state index contributed by atoms with van der Waals surface area (Å²) in [5.41, 5.74) is 7.91. The number of nitrogens with two attached hydrogens (primary N) is 1. The maximum atomic E-state index is 13.2. The summed E-state index contributed by atoms with van der Waals surface area (Å²) >= 11 is 0. The fourth-order valence-electron chi connectivity index (χ4n) is 1.55. The minimum atomic E-state index is -0.645. The Labute approximate surface area is 92.4 Å². The third-order valence-electron chi connectivity index (χ3n) is 2.39. The highest BCUT2D eigenvalue weighted by Crippen LogP contribution is 2.27. The number of phenols is 1. The average Bonchev–Trinajstić information content (AvgIpc) is 2.22. The lowest BCUT2D eigenvalue weighted by Gasteiger charge is -2.06. The Morgan fingerprint density at radius 3 is 2.69 bits per heavy atom. The van der Waals surface area contributed by atoms with Crippen LogP contribution in [-0.4, -0.2) is 10.1 Å². The van der Waals surface area contributed by atoms with Crippen molar-refractivity contribution in [3.8, 4) is 16.9 Å². The van der Waals surface area contributed by atoms with Gasteiger partial charge in [-0.05, 0) is 36.2 Å². The van der Waals surface area contributed by atoms with E-state index in [9.17, 15) is 4.39 Å². The molecule has 3 N–H and O–H groups in total. The van der Waals surface area contributed by atoms with Gasteiger partial charge in [0, 0.05) is 11.8 Å². The van der Waals surface area contributed by atoms with E-state index < -0.39 is 5.82 Å². The molecule has 16 heavy (non-hydrogen) atoms. The van der Waals surface area contributed by atoms with Crippen LogP contribution in [0.3, 0.4) is 0 Å². The van der Waals surface area contributed by atoms with Crippen LogP contribution in [0.5, 0.6) is 5.75 Å². The van der Waals surface area contributed by atoms with Crippen LogP contribution in [0.4, 0.5) is 10.2 Å². The molecule has 1 heterocycles. The summed E-state index contributed by atoms with van der Waals surface area (Å²) < 4.78 is 13.2. The molecule has 82 valence electrons. The number of nitrogen functional groups attached to an aromatic ring is 1. The summed E-state index contributed by atoms with van der Waals surface area (Å²) in [4.78, 5) is 3.96. The van der Waals surface area contributed by atoms with Crippen molar-refractivity contribution in [1.29, 1.82) is 0 Å². The van der Waals surface area contributed by atoms with Crippen molar-refractivity contribution >= 4 is 5.82 Å². The van der Waals surface area contributed by atoms with Crippen molar-refractivity contribution in [2.45, 2.75) is 6.92 Å². The largest absolute Gasteiger partial charge is 0.505 e. The molecule has 3 nitrogen and oxygen atoms in total. The normalized spacial score (nSPS) is 10.4. The minimum absolute atomic E-state index is 0.357.